The number of anilines is 2. The van der Waals surface area contributed by atoms with Gasteiger partial charge in [0.15, 0.2) is 0 Å². The largest absolute Gasteiger partial charge is 0.481 e. The van der Waals surface area contributed by atoms with Crippen molar-refractivity contribution in [3.63, 3.8) is 0 Å². The maximum Gasteiger partial charge on any atom is 0.326 e. The molecule has 0 bridgehead atoms. The first-order valence-corrected chi connectivity index (χ1v) is 7.45. The first-order chi connectivity index (χ1) is 11.0. The lowest BCUT2D eigenvalue weighted by atomic mass is 10.1. The SMILES string of the molecule is CCN(C(=O)Nc1ccc(CC(=O)O)cc1)c1cccc(C)c1. The molecule has 2 aromatic carbocycles. The minimum absolute atomic E-state index is 0.0292. The van der Waals surface area contributed by atoms with E-state index in [1.807, 2.05) is 38.1 Å². The summed E-state index contributed by atoms with van der Waals surface area (Å²) in [6.45, 7) is 4.45. The van der Waals surface area contributed by atoms with E-state index in [0.29, 0.717) is 17.8 Å². The van der Waals surface area contributed by atoms with Gasteiger partial charge in [-0.1, -0.05) is 24.3 Å². The summed E-state index contributed by atoms with van der Waals surface area (Å²) in [6.07, 6.45) is -0.0292. The van der Waals surface area contributed by atoms with E-state index < -0.39 is 5.97 Å². The molecule has 23 heavy (non-hydrogen) atoms. The van der Waals surface area contributed by atoms with Gasteiger partial charge in [0.25, 0.3) is 0 Å². The Labute approximate surface area is 135 Å². The molecule has 0 aliphatic heterocycles. The zero-order chi connectivity index (χ0) is 16.8. The molecule has 2 N–H and O–H groups in total. The van der Waals surface area contributed by atoms with Gasteiger partial charge in [-0.05, 0) is 49.2 Å². The molecule has 120 valence electrons. The summed E-state index contributed by atoms with van der Waals surface area (Å²) in [5.74, 6) is -0.876. The number of carboxylic acid groups (broad SMARTS) is 1. The number of nitrogens with one attached hydrogen (secondary N) is 1. The van der Waals surface area contributed by atoms with Crippen LogP contribution in [0.4, 0.5) is 16.2 Å². The molecule has 2 amide bonds. The molecule has 0 aliphatic rings. The van der Waals surface area contributed by atoms with Crippen LogP contribution in [0.15, 0.2) is 48.5 Å². The normalized spacial score (nSPS) is 10.2. The smallest absolute Gasteiger partial charge is 0.326 e. The highest BCUT2D eigenvalue weighted by atomic mass is 16.4. The number of carboxylic acids is 1. The number of benzene rings is 2. The minimum atomic E-state index is -0.876. The fraction of sp³-hybridized carbons (Fsp3) is 0.222. The summed E-state index contributed by atoms with van der Waals surface area (Å²) in [4.78, 5) is 24.8. The second-order valence-electron chi connectivity index (χ2n) is 5.28. The van der Waals surface area contributed by atoms with E-state index in [-0.39, 0.29) is 12.5 Å². The van der Waals surface area contributed by atoms with E-state index in [1.165, 1.54) is 0 Å². The fourth-order valence-electron chi connectivity index (χ4n) is 2.31. The van der Waals surface area contributed by atoms with Crippen LogP contribution in [-0.4, -0.2) is 23.7 Å². The van der Waals surface area contributed by atoms with Crippen molar-refractivity contribution in [2.75, 3.05) is 16.8 Å². The number of hydrogen-bond acceptors (Lipinski definition) is 2. The summed E-state index contributed by atoms with van der Waals surface area (Å²) in [5.41, 5.74) is 3.26. The monoisotopic (exact) mass is 312 g/mol. The Morgan fingerprint density at radius 2 is 1.83 bits per heavy atom. The molecule has 0 saturated heterocycles. The van der Waals surface area contributed by atoms with Gasteiger partial charge < -0.3 is 10.4 Å². The Bertz CT molecular complexity index is 696. The van der Waals surface area contributed by atoms with Crippen LogP contribution in [0.25, 0.3) is 0 Å². The maximum atomic E-state index is 12.4. The van der Waals surface area contributed by atoms with E-state index in [2.05, 4.69) is 5.32 Å². The number of aliphatic carboxylic acids is 1. The predicted molar refractivity (Wildman–Crippen MR) is 91.0 cm³/mol. The van der Waals surface area contributed by atoms with Crippen LogP contribution in [0, 0.1) is 6.92 Å². The molecule has 5 heteroatoms. The van der Waals surface area contributed by atoms with Gasteiger partial charge in [-0.25, -0.2) is 4.79 Å². The van der Waals surface area contributed by atoms with Crippen molar-refractivity contribution >= 4 is 23.4 Å². The average molecular weight is 312 g/mol. The van der Waals surface area contributed by atoms with Crippen LogP contribution in [0.5, 0.6) is 0 Å². The van der Waals surface area contributed by atoms with Gasteiger partial charge >= 0.3 is 12.0 Å². The Kier molecular flexibility index (Phi) is 5.36. The molecule has 0 unspecified atom stereocenters. The number of carbonyl (C=O) groups excluding carboxylic acids is 1. The Morgan fingerprint density at radius 3 is 2.39 bits per heavy atom. The number of hydrogen-bond donors (Lipinski definition) is 2. The predicted octanol–water partition coefficient (Wildman–Crippen LogP) is 3.68. The molecular formula is C18H20N2O3. The van der Waals surface area contributed by atoms with Crippen molar-refractivity contribution in [1.82, 2.24) is 0 Å². The molecule has 0 aliphatic carbocycles. The fourth-order valence-corrected chi connectivity index (χ4v) is 2.31. The quantitative estimate of drug-likeness (QED) is 0.885. The van der Waals surface area contributed by atoms with Crippen molar-refractivity contribution < 1.29 is 14.7 Å². The molecule has 5 nitrogen and oxygen atoms in total. The number of urea groups is 1. The van der Waals surface area contributed by atoms with Gasteiger partial charge in [-0.2, -0.15) is 0 Å². The van der Waals surface area contributed by atoms with Crippen molar-refractivity contribution in [3.05, 3.63) is 59.7 Å². The average Bonchev–Trinajstić information content (AvgIpc) is 2.49. The van der Waals surface area contributed by atoms with Crippen LogP contribution in [-0.2, 0) is 11.2 Å². The zero-order valence-corrected chi connectivity index (χ0v) is 13.2. The van der Waals surface area contributed by atoms with Gasteiger partial charge in [0.2, 0.25) is 0 Å². The lowest BCUT2D eigenvalue weighted by molar-refractivity contribution is -0.136. The summed E-state index contributed by atoms with van der Waals surface area (Å²) in [7, 11) is 0. The molecule has 0 atom stereocenters. The van der Waals surface area contributed by atoms with E-state index in [9.17, 15) is 9.59 Å². The van der Waals surface area contributed by atoms with E-state index >= 15 is 0 Å². The first kappa shape index (κ1) is 16.5. The molecule has 0 spiro atoms. The minimum Gasteiger partial charge on any atom is -0.481 e. The van der Waals surface area contributed by atoms with Crippen LogP contribution in [0.2, 0.25) is 0 Å². The van der Waals surface area contributed by atoms with E-state index in [4.69, 9.17) is 5.11 Å². The lowest BCUT2D eigenvalue weighted by Crippen LogP contribution is -2.34. The number of nitrogens with zero attached hydrogens (tertiary/aromatic N) is 1. The van der Waals surface area contributed by atoms with Gasteiger partial charge in [-0.3, -0.25) is 9.69 Å². The summed E-state index contributed by atoms with van der Waals surface area (Å²) in [5, 5.41) is 11.6. The van der Waals surface area contributed by atoms with Crippen LogP contribution >= 0.6 is 0 Å². The van der Waals surface area contributed by atoms with Crippen LogP contribution < -0.4 is 10.2 Å². The molecule has 2 rings (SSSR count). The number of carbonyl (C=O) groups is 2. The number of amides is 2. The number of rotatable bonds is 5. The van der Waals surface area contributed by atoms with Crippen LogP contribution in [0.3, 0.4) is 0 Å². The Hall–Kier alpha value is -2.82. The highest BCUT2D eigenvalue weighted by Crippen LogP contribution is 2.18. The summed E-state index contributed by atoms with van der Waals surface area (Å²) < 4.78 is 0. The van der Waals surface area contributed by atoms with E-state index in [0.717, 1.165) is 11.3 Å². The third-order valence-electron chi connectivity index (χ3n) is 3.44. The second-order valence-corrected chi connectivity index (χ2v) is 5.28. The molecule has 0 fully saturated rings. The van der Waals surface area contributed by atoms with E-state index in [1.54, 1.807) is 29.2 Å². The van der Waals surface area contributed by atoms with Gasteiger partial charge in [-0.15, -0.1) is 0 Å². The first-order valence-electron chi connectivity index (χ1n) is 7.45. The highest BCUT2D eigenvalue weighted by Gasteiger charge is 2.14. The highest BCUT2D eigenvalue weighted by molar-refractivity contribution is 6.01. The standard InChI is InChI=1S/C18H20N2O3/c1-3-20(16-6-4-5-13(2)11-16)18(23)19-15-9-7-14(8-10-15)12-17(21)22/h4-11H,3,12H2,1-2H3,(H,19,23)(H,21,22). The molecular weight excluding hydrogens is 292 g/mol. The van der Waals surface area contributed by atoms with Crippen molar-refractivity contribution in [3.8, 4) is 0 Å². The molecule has 0 aromatic heterocycles. The molecule has 0 saturated carbocycles. The third-order valence-corrected chi connectivity index (χ3v) is 3.44. The topological polar surface area (TPSA) is 69.6 Å². The Balaban J connectivity index is 2.09. The van der Waals surface area contributed by atoms with Gasteiger partial charge in [0.05, 0.1) is 6.42 Å². The zero-order valence-electron chi connectivity index (χ0n) is 13.2. The summed E-state index contributed by atoms with van der Waals surface area (Å²) in [6, 6.07) is 14.4. The van der Waals surface area contributed by atoms with Crippen molar-refractivity contribution in [2.24, 2.45) is 0 Å². The molecule has 0 radical (unpaired) electrons. The lowest BCUT2D eigenvalue weighted by Gasteiger charge is -2.22. The van der Waals surface area contributed by atoms with Crippen molar-refractivity contribution in [2.45, 2.75) is 20.3 Å². The van der Waals surface area contributed by atoms with Gasteiger partial charge in [0, 0.05) is 17.9 Å². The maximum absolute atomic E-state index is 12.4. The van der Waals surface area contributed by atoms with Crippen molar-refractivity contribution in [1.29, 1.82) is 0 Å². The molecule has 0 heterocycles. The molecule has 2 aromatic rings. The second kappa shape index (κ2) is 7.45. The van der Waals surface area contributed by atoms with Crippen LogP contribution in [0.1, 0.15) is 18.1 Å². The Morgan fingerprint density at radius 1 is 1.13 bits per heavy atom. The van der Waals surface area contributed by atoms with Gasteiger partial charge in [0.1, 0.15) is 0 Å². The summed E-state index contributed by atoms with van der Waals surface area (Å²) >= 11 is 0. The number of aryl methyl sites for hydroxylation is 1. The third kappa shape index (κ3) is 4.57.